The Morgan fingerprint density at radius 1 is 1.22 bits per heavy atom. The number of hydrogen-bond donors (Lipinski definition) is 0. The number of nitrogens with zero attached hydrogens (tertiary/aromatic N) is 4. The van der Waals surface area contributed by atoms with Crippen molar-refractivity contribution < 1.29 is 9.59 Å². The van der Waals surface area contributed by atoms with Crippen LogP contribution in [0.5, 0.6) is 0 Å². The Balaban J connectivity index is 1.65. The number of fused-ring (bicyclic) bond motifs is 1. The zero-order valence-corrected chi connectivity index (χ0v) is 13.5. The van der Waals surface area contributed by atoms with Crippen molar-refractivity contribution >= 4 is 28.6 Å². The molecule has 2 unspecified atom stereocenters. The third-order valence-corrected chi connectivity index (χ3v) is 5.15. The van der Waals surface area contributed by atoms with Crippen LogP contribution in [0.2, 0.25) is 0 Å². The highest BCUT2D eigenvalue weighted by Crippen LogP contribution is 2.34. The predicted molar refractivity (Wildman–Crippen MR) is 87.1 cm³/mol. The maximum absolute atomic E-state index is 12.6. The predicted octanol–water partition coefficient (Wildman–Crippen LogP) is 2.77. The summed E-state index contributed by atoms with van der Waals surface area (Å²) in [7, 11) is 0. The maximum Gasteiger partial charge on any atom is 0.334 e. The molecule has 0 N–H and O–H groups in total. The SMILES string of the molecule is CC1CCN2C(=O)N(c3nc(-c4ccccc4)ns3)C(=O)C2C1. The van der Waals surface area contributed by atoms with Gasteiger partial charge >= 0.3 is 6.03 Å². The highest BCUT2D eigenvalue weighted by molar-refractivity contribution is 7.10. The molecule has 0 saturated carbocycles. The molecule has 118 valence electrons. The van der Waals surface area contributed by atoms with Gasteiger partial charge in [0.1, 0.15) is 6.04 Å². The van der Waals surface area contributed by atoms with E-state index in [0.717, 1.165) is 29.9 Å². The number of benzene rings is 1. The van der Waals surface area contributed by atoms with Gasteiger partial charge in [-0.25, -0.2) is 9.69 Å². The van der Waals surface area contributed by atoms with Crippen LogP contribution in [-0.4, -0.2) is 38.8 Å². The maximum atomic E-state index is 12.6. The molecule has 0 radical (unpaired) electrons. The van der Waals surface area contributed by atoms with Crippen molar-refractivity contribution in [3.63, 3.8) is 0 Å². The number of carbonyl (C=O) groups is 2. The summed E-state index contributed by atoms with van der Waals surface area (Å²) in [6, 6.07) is 8.95. The monoisotopic (exact) mass is 328 g/mol. The number of urea groups is 1. The van der Waals surface area contributed by atoms with Gasteiger partial charge in [0, 0.05) is 23.6 Å². The molecule has 7 heteroatoms. The Morgan fingerprint density at radius 3 is 2.78 bits per heavy atom. The first kappa shape index (κ1) is 14.3. The van der Waals surface area contributed by atoms with E-state index >= 15 is 0 Å². The standard InChI is InChI=1S/C16H16N4O2S/c1-10-7-8-19-12(9-10)14(21)20(16(19)22)15-17-13(18-23-15)11-5-3-2-4-6-11/h2-6,10,12H,7-9H2,1H3. The summed E-state index contributed by atoms with van der Waals surface area (Å²) >= 11 is 1.09. The number of hydrogen-bond acceptors (Lipinski definition) is 5. The number of piperidine rings is 1. The zero-order valence-electron chi connectivity index (χ0n) is 12.7. The lowest BCUT2D eigenvalue weighted by molar-refractivity contribution is -0.120. The summed E-state index contributed by atoms with van der Waals surface area (Å²) in [4.78, 5) is 32.5. The van der Waals surface area contributed by atoms with Crippen LogP contribution in [0.3, 0.4) is 0 Å². The number of rotatable bonds is 2. The lowest BCUT2D eigenvalue weighted by Gasteiger charge is -2.30. The van der Waals surface area contributed by atoms with Crippen molar-refractivity contribution in [2.75, 3.05) is 11.4 Å². The van der Waals surface area contributed by atoms with Gasteiger partial charge < -0.3 is 4.90 Å². The molecule has 1 aromatic heterocycles. The van der Waals surface area contributed by atoms with Crippen LogP contribution in [0.1, 0.15) is 19.8 Å². The third-order valence-electron chi connectivity index (χ3n) is 4.45. The molecule has 6 nitrogen and oxygen atoms in total. The van der Waals surface area contributed by atoms with Crippen LogP contribution in [0.25, 0.3) is 11.4 Å². The van der Waals surface area contributed by atoms with Crippen molar-refractivity contribution in [3.05, 3.63) is 30.3 Å². The molecule has 0 spiro atoms. The van der Waals surface area contributed by atoms with E-state index in [1.54, 1.807) is 4.90 Å². The molecule has 1 aromatic carbocycles. The average molecular weight is 328 g/mol. The first-order valence-corrected chi connectivity index (χ1v) is 8.46. The van der Waals surface area contributed by atoms with Gasteiger partial charge in [-0.15, -0.1) is 0 Å². The molecule has 2 atom stereocenters. The zero-order chi connectivity index (χ0) is 16.0. The van der Waals surface area contributed by atoms with E-state index < -0.39 is 0 Å². The summed E-state index contributed by atoms with van der Waals surface area (Å²) in [5, 5.41) is 0.362. The Bertz CT molecular complexity index is 760. The van der Waals surface area contributed by atoms with Crippen molar-refractivity contribution in [3.8, 4) is 11.4 Å². The van der Waals surface area contributed by atoms with E-state index in [-0.39, 0.29) is 18.0 Å². The Labute approximate surface area is 137 Å². The van der Waals surface area contributed by atoms with Gasteiger partial charge in [-0.2, -0.15) is 9.36 Å². The summed E-state index contributed by atoms with van der Waals surface area (Å²) in [6.07, 6.45) is 1.67. The van der Waals surface area contributed by atoms with Gasteiger partial charge in [0.25, 0.3) is 5.91 Å². The smallest absolute Gasteiger partial charge is 0.312 e. The fourth-order valence-corrected chi connectivity index (χ4v) is 3.85. The minimum absolute atomic E-state index is 0.169. The molecule has 0 bridgehead atoms. The minimum Gasteiger partial charge on any atom is -0.312 e. The molecule has 3 amide bonds. The van der Waals surface area contributed by atoms with Crippen LogP contribution < -0.4 is 4.90 Å². The van der Waals surface area contributed by atoms with E-state index in [9.17, 15) is 9.59 Å². The van der Waals surface area contributed by atoms with Crippen molar-refractivity contribution in [1.82, 2.24) is 14.3 Å². The lowest BCUT2D eigenvalue weighted by Crippen LogP contribution is -2.41. The van der Waals surface area contributed by atoms with E-state index in [1.165, 1.54) is 4.90 Å². The lowest BCUT2D eigenvalue weighted by atomic mass is 9.93. The quantitative estimate of drug-likeness (QED) is 0.795. The fourth-order valence-electron chi connectivity index (χ4n) is 3.16. The molecule has 2 fully saturated rings. The topological polar surface area (TPSA) is 66.4 Å². The second-order valence-electron chi connectivity index (χ2n) is 6.06. The van der Waals surface area contributed by atoms with E-state index in [1.807, 2.05) is 30.3 Å². The van der Waals surface area contributed by atoms with Crippen molar-refractivity contribution in [1.29, 1.82) is 0 Å². The molecule has 23 heavy (non-hydrogen) atoms. The Hall–Kier alpha value is -2.28. The second kappa shape index (κ2) is 5.42. The normalized spacial score (nSPS) is 24.2. The molecular formula is C16H16N4O2S. The fraction of sp³-hybridized carbons (Fsp3) is 0.375. The van der Waals surface area contributed by atoms with E-state index in [0.29, 0.717) is 23.4 Å². The molecule has 0 aliphatic carbocycles. The van der Waals surface area contributed by atoms with Gasteiger partial charge in [0.15, 0.2) is 5.82 Å². The summed E-state index contributed by atoms with van der Waals surface area (Å²) in [6.45, 7) is 2.76. The van der Waals surface area contributed by atoms with Gasteiger partial charge in [0.05, 0.1) is 0 Å². The summed E-state index contributed by atoms with van der Waals surface area (Å²) in [5.74, 6) is 0.837. The van der Waals surface area contributed by atoms with Crippen molar-refractivity contribution in [2.45, 2.75) is 25.8 Å². The number of anilines is 1. The molecule has 3 heterocycles. The summed E-state index contributed by atoms with van der Waals surface area (Å²) in [5.41, 5.74) is 0.875. The first-order chi connectivity index (χ1) is 11.1. The van der Waals surface area contributed by atoms with Gasteiger partial charge in [-0.3, -0.25) is 4.79 Å². The number of imide groups is 1. The van der Waals surface area contributed by atoms with Gasteiger partial charge in [-0.1, -0.05) is 37.3 Å². The first-order valence-electron chi connectivity index (χ1n) is 7.69. The number of amides is 3. The third kappa shape index (κ3) is 2.31. The molecule has 2 aromatic rings. The van der Waals surface area contributed by atoms with Crippen LogP contribution in [0.15, 0.2) is 30.3 Å². The van der Waals surface area contributed by atoms with E-state index in [4.69, 9.17) is 0 Å². The molecular weight excluding hydrogens is 312 g/mol. The molecule has 4 rings (SSSR count). The second-order valence-corrected chi connectivity index (χ2v) is 6.79. The van der Waals surface area contributed by atoms with E-state index in [2.05, 4.69) is 16.3 Å². The van der Waals surface area contributed by atoms with Crippen LogP contribution in [0.4, 0.5) is 9.93 Å². The van der Waals surface area contributed by atoms with Crippen LogP contribution in [-0.2, 0) is 4.79 Å². The number of carbonyl (C=O) groups excluding carboxylic acids is 2. The molecule has 2 aliphatic rings. The highest BCUT2D eigenvalue weighted by atomic mass is 32.1. The van der Waals surface area contributed by atoms with Crippen LogP contribution >= 0.6 is 11.5 Å². The van der Waals surface area contributed by atoms with Crippen LogP contribution in [0, 0.1) is 5.92 Å². The number of aromatic nitrogens is 2. The van der Waals surface area contributed by atoms with Gasteiger partial charge in [0.2, 0.25) is 5.13 Å². The highest BCUT2D eigenvalue weighted by Gasteiger charge is 2.49. The van der Waals surface area contributed by atoms with Gasteiger partial charge in [-0.05, 0) is 18.8 Å². The van der Waals surface area contributed by atoms with Crippen molar-refractivity contribution in [2.24, 2.45) is 5.92 Å². The minimum atomic E-state index is -0.338. The largest absolute Gasteiger partial charge is 0.334 e. The molecule has 2 aliphatic heterocycles. The average Bonchev–Trinajstić information content (AvgIpc) is 3.13. The Morgan fingerprint density at radius 2 is 2.00 bits per heavy atom. The Kier molecular flexibility index (Phi) is 3.37. The molecule has 2 saturated heterocycles. The summed E-state index contributed by atoms with van der Waals surface area (Å²) < 4.78 is 4.30.